The van der Waals surface area contributed by atoms with E-state index in [4.69, 9.17) is 9.47 Å². The van der Waals surface area contributed by atoms with Crippen molar-refractivity contribution < 1.29 is 23.5 Å². The number of aromatic nitrogens is 3. The Balaban J connectivity index is 1.07. The molecule has 1 saturated carbocycles. The van der Waals surface area contributed by atoms with Crippen LogP contribution in [0.4, 0.5) is 4.39 Å². The number of aromatic amines is 1. The molecule has 5 heterocycles. The molecule has 2 aromatic heterocycles. The quantitative estimate of drug-likeness (QED) is 0.609. The second kappa shape index (κ2) is 9.68. The van der Waals surface area contributed by atoms with Crippen LogP contribution in [0.15, 0.2) is 18.3 Å². The number of nitrogens with zero attached hydrogens (tertiary/aromatic N) is 4. The molecule has 4 aliphatic rings. The highest BCUT2D eigenvalue weighted by Gasteiger charge is 2.54. The van der Waals surface area contributed by atoms with Crippen LogP contribution >= 0.6 is 0 Å². The third kappa shape index (κ3) is 4.70. The molecule has 1 atom stereocenters. The third-order valence-corrected chi connectivity index (χ3v) is 8.48. The summed E-state index contributed by atoms with van der Waals surface area (Å²) in [6, 6.07) is 3.79. The molecule has 37 heavy (non-hydrogen) atoms. The Morgan fingerprint density at radius 1 is 1.19 bits per heavy atom. The molecular formula is C26H33FN6O4. The average molecular weight is 513 g/mol. The number of nitrogens with one attached hydrogen (secondary N) is 2. The molecule has 0 aromatic carbocycles. The SMILES string of the molecule is COc1cc(-c2cc(C(=O)N3CCC(C(=O)NC4CCN(C5COC5)CC4)CC34CC4)[nH]n2)c(F)cn1. The van der Waals surface area contributed by atoms with Crippen molar-refractivity contribution in [2.24, 2.45) is 5.92 Å². The lowest BCUT2D eigenvalue weighted by Crippen LogP contribution is -2.55. The number of pyridine rings is 1. The highest BCUT2D eigenvalue weighted by Crippen LogP contribution is 2.50. The van der Waals surface area contributed by atoms with Gasteiger partial charge in [0.15, 0.2) is 5.82 Å². The van der Waals surface area contributed by atoms with Crippen molar-refractivity contribution in [3.05, 3.63) is 29.8 Å². The number of hydrogen-bond donors (Lipinski definition) is 2. The molecule has 3 aliphatic heterocycles. The molecule has 10 nitrogen and oxygen atoms in total. The van der Waals surface area contributed by atoms with E-state index in [0.717, 1.165) is 58.2 Å². The van der Waals surface area contributed by atoms with Gasteiger partial charge in [0.2, 0.25) is 11.8 Å². The molecule has 1 unspecified atom stereocenters. The summed E-state index contributed by atoms with van der Waals surface area (Å²) in [6.07, 6.45) is 6.11. The van der Waals surface area contributed by atoms with Crippen molar-refractivity contribution in [1.29, 1.82) is 0 Å². The standard InChI is InChI=1S/C26H33FN6O4/c1-36-23-10-19(20(27)13-28-23)21-11-22(31-30-21)25(35)33-9-2-16(12-26(33)5-6-26)24(34)29-17-3-7-32(8-4-17)18-14-37-15-18/h10-11,13,16-18H,2-9,12,14-15H2,1H3,(H,29,34)(H,30,31). The first-order valence-electron chi connectivity index (χ1n) is 13.2. The maximum atomic E-state index is 14.3. The van der Waals surface area contributed by atoms with Crippen LogP contribution < -0.4 is 10.1 Å². The minimum Gasteiger partial charge on any atom is -0.481 e. The predicted octanol–water partition coefficient (Wildman–Crippen LogP) is 1.98. The van der Waals surface area contributed by atoms with E-state index in [0.29, 0.717) is 36.8 Å². The molecule has 2 aromatic rings. The number of likely N-dealkylation sites (tertiary alicyclic amines) is 2. The fourth-order valence-corrected chi connectivity index (χ4v) is 5.96. The molecule has 3 saturated heterocycles. The van der Waals surface area contributed by atoms with Gasteiger partial charge in [0.1, 0.15) is 5.69 Å². The summed E-state index contributed by atoms with van der Waals surface area (Å²) >= 11 is 0. The van der Waals surface area contributed by atoms with Gasteiger partial charge in [-0.25, -0.2) is 9.37 Å². The Labute approximate surface area is 214 Å². The maximum absolute atomic E-state index is 14.3. The zero-order valence-electron chi connectivity index (χ0n) is 21.0. The van der Waals surface area contributed by atoms with Crippen molar-refractivity contribution in [1.82, 2.24) is 30.3 Å². The normalized spacial score (nSPS) is 24.1. The van der Waals surface area contributed by atoms with Crippen LogP contribution in [-0.4, -0.2) is 94.4 Å². The van der Waals surface area contributed by atoms with Crippen molar-refractivity contribution in [3.8, 4) is 17.1 Å². The van der Waals surface area contributed by atoms with Gasteiger partial charge in [0, 0.05) is 48.8 Å². The number of rotatable bonds is 6. The summed E-state index contributed by atoms with van der Waals surface area (Å²) in [6.45, 7) is 4.16. The minimum absolute atomic E-state index is 0.0830. The van der Waals surface area contributed by atoms with Gasteiger partial charge in [-0.15, -0.1) is 0 Å². The number of methoxy groups -OCH3 is 1. The maximum Gasteiger partial charge on any atom is 0.272 e. The van der Waals surface area contributed by atoms with Crippen LogP contribution in [0, 0.1) is 11.7 Å². The van der Waals surface area contributed by atoms with Crippen LogP contribution in [0.1, 0.15) is 49.0 Å². The van der Waals surface area contributed by atoms with Crippen molar-refractivity contribution in [2.45, 2.75) is 56.1 Å². The van der Waals surface area contributed by atoms with E-state index in [9.17, 15) is 14.0 Å². The van der Waals surface area contributed by atoms with Gasteiger partial charge >= 0.3 is 0 Å². The number of carbonyl (C=O) groups is 2. The molecule has 198 valence electrons. The number of H-pyrrole nitrogens is 1. The first kappa shape index (κ1) is 24.3. The lowest BCUT2D eigenvalue weighted by atomic mass is 9.87. The predicted molar refractivity (Wildman–Crippen MR) is 131 cm³/mol. The highest BCUT2D eigenvalue weighted by molar-refractivity contribution is 5.94. The molecule has 4 fully saturated rings. The largest absolute Gasteiger partial charge is 0.481 e. The molecule has 0 bridgehead atoms. The van der Waals surface area contributed by atoms with Crippen LogP contribution in [0.5, 0.6) is 5.88 Å². The number of carbonyl (C=O) groups excluding carboxylic acids is 2. The highest BCUT2D eigenvalue weighted by atomic mass is 19.1. The molecule has 2 amide bonds. The van der Waals surface area contributed by atoms with Crippen LogP contribution in [0.25, 0.3) is 11.3 Å². The molecule has 11 heteroatoms. The lowest BCUT2D eigenvalue weighted by molar-refractivity contribution is -0.128. The smallest absolute Gasteiger partial charge is 0.272 e. The minimum atomic E-state index is -0.542. The topological polar surface area (TPSA) is 113 Å². The van der Waals surface area contributed by atoms with E-state index in [1.54, 1.807) is 6.07 Å². The summed E-state index contributed by atoms with van der Waals surface area (Å²) in [4.78, 5) is 34.8. The number of hydrogen-bond acceptors (Lipinski definition) is 7. The zero-order valence-corrected chi connectivity index (χ0v) is 21.0. The average Bonchev–Trinajstić information content (AvgIpc) is 3.45. The number of amides is 2. The first-order chi connectivity index (χ1) is 18.0. The van der Waals surface area contributed by atoms with Gasteiger partial charge in [-0.2, -0.15) is 5.10 Å². The summed E-state index contributed by atoms with van der Waals surface area (Å²) in [7, 11) is 1.46. The summed E-state index contributed by atoms with van der Waals surface area (Å²) in [5.41, 5.74) is 0.562. The van der Waals surface area contributed by atoms with Gasteiger partial charge < -0.3 is 19.7 Å². The molecule has 2 N–H and O–H groups in total. The molecule has 6 rings (SSSR count). The van der Waals surface area contributed by atoms with Crippen LogP contribution in [-0.2, 0) is 9.53 Å². The van der Waals surface area contributed by atoms with Gasteiger partial charge in [0.05, 0.1) is 38.3 Å². The van der Waals surface area contributed by atoms with E-state index in [-0.39, 0.29) is 40.8 Å². The summed E-state index contributed by atoms with van der Waals surface area (Å²) in [5.74, 6) is -0.401. The molecule has 1 spiro atoms. The van der Waals surface area contributed by atoms with Crippen molar-refractivity contribution in [3.63, 3.8) is 0 Å². The summed E-state index contributed by atoms with van der Waals surface area (Å²) in [5, 5.41) is 10.2. The fourth-order valence-electron chi connectivity index (χ4n) is 5.96. The van der Waals surface area contributed by atoms with E-state index in [1.807, 2.05) is 4.90 Å². The Morgan fingerprint density at radius 3 is 2.65 bits per heavy atom. The second-order valence-electron chi connectivity index (χ2n) is 10.8. The van der Waals surface area contributed by atoms with E-state index in [1.165, 1.54) is 13.2 Å². The van der Waals surface area contributed by atoms with E-state index in [2.05, 4.69) is 25.4 Å². The third-order valence-electron chi connectivity index (χ3n) is 8.48. The monoisotopic (exact) mass is 512 g/mol. The van der Waals surface area contributed by atoms with E-state index < -0.39 is 5.82 Å². The number of ether oxygens (including phenoxy) is 2. The zero-order chi connectivity index (χ0) is 25.6. The molecule has 1 aliphatic carbocycles. The fraction of sp³-hybridized carbons (Fsp3) is 0.615. The number of halogens is 1. The van der Waals surface area contributed by atoms with Gasteiger partial charge in [0.25, 0.3) is 5.91 Å². The van der Waals surface area contributed by atoms with Gasteiger partial charge in [-0.05, 0) is 44.6 Å². The summed E-state index contributed by atoms with van der Waals surface area (Å²) < 4.78 is 24.7. The van der Waals surface area contributed by atoms with Crippen molar-refractivity contribution in [2.75, 3.05) is 40.0 Å². The Bertz CT molecular complexity index is 1170. The Morgan fingerprint density at radius 2 is 1.97 bits per heavy atom. The van der Waals surface area contributed by atoms with Crippen LogP contribution in [0.2, 0.25) is 0 Å². The van der Waals surface area contributed by atoms with E-state index >= 15 is 0 Å². The Hall–Kier alpha value is -3.05. The second-order valence-corrected chi connectivity index (χ2v) is 10.8. The molecular weight excluding hydrogens is 479 g/mol. The van der Waals surface area contributed by atoms with Gasteiger partial charge in [-0.3, -0.25) is 19.6 Å². The van der Waals surface area contributed by atoms with Gasteiger partial charge in [-0.1, -0.05) is 0 Å². The molecule has 0 radical (unpaired) electrons. The van der Waals surface area contributed by atoms with Crippen LogP contribution in [0.3, 0.4) is 0 Å². The number of piperidine rings is 2. The first-order valence-corrected chi connectivity index (χ1v) is 13.2. The lowest BCUT2D eigenvalue weighted by Gasteiger charge is -2.42. The Kier molecular flexibility index (Phi) is 6.36. The van der Waals surface area contributed by atoms with Crippen molar-refractivity contribution >= 4 is 11.8 Å².